The van der Waals surface area contributed by atoms with Crippen molar-refractivity contribution < 1.29 is 9.59 Å². The molecule has 1 aliphatic heterocycles. The molecule has 0 bridgehead atoms. The maximum absolute atomic E-state index is 13.0. The standard InChI is InChI=1S/C17H14BrN5O2S/c1-8-13(14(21-17(25)19-8)9-4-5-26-7-9)16(24)20-10-2-3-12-11(6-10)15(18)23-22-12/h2-7,14H,1H3,(H,20,24)(H,22,23)(H2,19,21,25). The third-order valence-corrected chi connectivity index (χ3v) is 5.47. The summed E-state index contributed by atoms with van der Waals surface area (Å²) in [5.41, 5.74) is 3.41. The minimum atomic E-state index is -0.487. The Morgan fingerprint density at radius 2 is 2.19 bits per heavy atom. The van der Waals surface area contributed by atoms with E-state index in [4.69, 9.17) is 0 Å². The molecule has 1 aromatic carbocycles. The average Bonchev–Trinajstić information content (AvgIpc) is 3.24. The van der Waals surface area contributed by atoms with Crippen molar-refractivity contribution in [3.63, 3.8) is 0 Å². The molecule has 0 saturated heterocycles. The first-order valence-corrected chi connectivity index (χ1v) is 9.52. The molecule has 0 aliphatic carbocycles. The summed E-state index contributed by atoms with van der Waals surface area (Å²) in [6.45, 7) is 1.73. The lowest BCUT2D eigenvalue weighted by atomic mass is 9.97. The van der Waals surface area contributed by atoms with Crippen molar-refractivity contribution in [2.24, 2.45) is 0 Å². The Kier molecular flexibility index (Phi) is 4.25. The number of aromatic amines is 1. The molecule has 0 saturated carbocycles. The third-order valence-electron chi connectivity index (χ3n) is 4.16. The maximum atomic E-state index is 13.0. The number of nitrogens with zero attached hydrogens (tertiary/aromatic N) is 1. The van der Waals surface area contributed by atoms with Crippen LogP contribution in [0.2, 0.25) is 0 Å². The number of hydrogen-bond acceptors (Lipinski definition) is 4. The van der Waals surface area contributed by atoms with E-state index in [1.54, 1.807) is 13.0 Å². The van der Waals surface area contributed by atoms with Gasteiger partial charge in [0.15, 0.2) is 0 Å². The SMILES string of the molecule is CC1=C(C(=O)Nc2ccc3[nH]nc(Br)c3c2)C(c2ccsc2)NC(=O)N1. The van der Waals surface area contributed by atoms with E-state index < -0.39 is 6.04 Å². The first-order chi connectivity index (χ1) is 12.5. The Morgan fingerprint density at radius 3 is 2.96 bits per heavy atom. The Hall–Kier alpha value is -2.65. The number of benzene rings is 1. The highest BCUT2D eigenvalue weighted by Gasteiger charge is 2.31. The highest BCUT2D eigenvalue weighted by molar-refractivity contribution is 9.10. The van der Waals surface area contributed by atoms with Crippen LogP contribution in [0.5, 0.6) is 0 Å². The molecule has 0 fully saturated rings. The summed E-state index contributed by atoms with van der Waals surface area (Å²) in [6, 6.07) is 6.58. The van der Waals surface area contributed by atoms with Crippen LogP contribution >= 0.6 is 27.3 Å². The lowest BCUT2D eigenvalue weighted by Gasteiger charge is -2.28. The zero-order valence-corrected chi connectivity index (χ0v) is 16.0. The van der Waals surface area contributed by atoms with Gasteiger partial charge in [-0.2, -0.15) is 16.4 Å². The van der Waals surface area contributed by atoms with Crippen LogP contribution in [-0.2, 0) is 4.79 Å². The van der Waals surface area contributed by atoms with Crippen LogP contribution < -0.4 is 16.0 Å². The lowest BCUT2D eigenvalue weighted by Crippen LogP contribution is -2.45. The second kappa shape index (κ2) is 6.58. The maximum Gasteiger partial charge on any atom is 0.319 e. The van der Waals surface area contributed by atoms with Gasteiger partial charge in [0, 0.05) is 16.8 Å². The molecule has 26 heavy (non-hydrogen) atoms. The van der Waals surface area contributed by atoms with Gasteiger partial charge in [0.25, 0.3) is 5.91 Å². The molecular weight excluding hydrogens is 418 g/mol. The topological polar surface area (TPSA) is 98.9 Å². The van der Waals surface area contributed by atoms with Crippen molar-refractivity contribution in [2.45, 2.75) is 13.0 Å². The highest BCUT2D eigenvalue weighted by Crippen LogP contribution is 2.30. The number of hydrogen-bond donors (Lipinski definition) is 4. The average molecular weight is 432 g/mol. The van der Waals surface area contributed by atoms with E-state index in [-0.39, 0.29) is 11.9 Å². The summed E-state index contributed by atoms with van der Waals surface area (Å²) < 4.78 is 0.682. The molecule has 3 aromatic rings. The Bertz CT molecular complexity index is 1040. The molecule has 2 aromatic heterocycles. The number of allylic oxidation sites excluding steroid dienone is 1. The Balaban J connectivity index is 1.67. The fraction of sp³-hybridized carbons (Fsp3) is 0.118. The largest absolute Gasteiger partial charge is 0.327 e. The van der Waals surface area contributed by atoms with Gasteiger partial charge in [-0.3, -0.25) is 9.89 Å². The molecule has 132 valence electrons. The number of carbonyl (C=O) groups is 2. The quantitative estimate of drug-likeness (QED) is 0.509. The molecule has 1 atom stereocenters. The minimum Gasteiger partial charge on any atom is -0.327 e. The van der Waals surface area contributed by atoms with Gasteiger partial charge in [-0.25, -0.2) is 4.79 Å². The summed E-state index contributed by atoms with van der Waals surface area (Å²) >= 11 is 4.89. The fourth-order valence-corrected chi connectivity index (χ4v) is 4.05. The summed E-state index contributed by atoms with van der Waals surface area (Å²) in [4.78, 5) is 24.8. The summed E-state index contributed by atoms with van der Waals surface area (Å²) in [6.07, 6.45) is 0. The van der Waals surface area contributed by atoms with E-state index in [0.717, 1.165) is 16.5 Å². The van der Waals surface area contributed by atoms with Gasteiger partial charge in [0.05, 0.1) is 17.1 Å². The van der Waals surface area contributed by atoms with Gasteiger partial charge in [0.1, 0.15) is 4.60 Å². The van der Waals surface area contributed by atoms with Crippen LogP contribution in [0.4, 0.5) is 10.5 Å². The van der Waals surface area contributed by atoms with Crippen LogP contribution in [0.3, 0.4) is 0 Å². The lowest BCUT2D eigenvalue weighted by molar-refractivity contribution is -0.113. The number of fused-ring (bicyclic) bond motifs is 1. The van der Waals surface area contributed by atoms with E-state index in [1.807, 2.05) is 29.0 Å². The number of thiophene rings is 1. The van der Waals surface area contributed by atoms with Crippen LogP contribution in [0.1, 0.15) is 18.5 Å². The van der Waals surface area contributed by atoms with Gasteiger partial charge < -0.3 is 16.0 Å². The number of amides is 3. The van der Waals surface area contributed by atoms with Crippen LogP contribution in [0.25, 0.3) is 10.9 Å². The molecule has 3 heterocycles. The predicted molar refractivity (Wildman–Crippen MR) is 104 cm³/mol. The van der Waals surface area contributed by atoms with Crippen molar-refractivity contribution >= 4 is 55.8 Å². The zero-order valence-electron chi connectivity index (χ0n) is 13.6. The number of carbonyl (C=O) groups excluding carboxylic acids is 2. The van der Waals surface area contributed by atoms with E-state index in [2.05, 4.69) is 42.1 Å². The van der Waals surface area contributed by atoms with E-state index >= 15 is 0 Å². The number of halogens is 1. The van der Waals surface area contributed by atoms with Gasteiger partial charge in [-0.05, 0) is 63.4 Å². The van der Waals surface area contributed by atoms with E-state index in [9.17, 15) is 9.59 Å². The second-order valence-corrected chi connectivity index (χ2v) is 7.39. The molecule has 1 unspecified atom stereocenters. The molecule has 0 spiro atoms. The number of H-pyrrole nitrogens is 1. The number of rotatable bonds is 3. The second-order valence-electron chi connectivity index (χ2n) is 5.86. The smallest absolute Gasteiger partial charge is 0.319 e. The monoisotopic (exact) mass is 431 g/mol. The fourth-order valence-electron chi connectivity index (χ4n) is 2.94. The molecular formula is C17H14BrN5O2S. The Morgan fingerprint density at radius 1 is 1.35 bits per heavy atom. The highest BCUT2D eigenvalue weighted by atomic mass is 79.9. The zero-order chi connectivity index (χ0) is 18.3. The van der Waals surface area contributed by atoms with Crippen molar-refractivity contribution in [1.82, 2.24) is 20.8 Å². The van der Waals surface area contributed by atoms with Gasteiger partial charge in [-0.15, -0.1) is 0 Å². The van der Waals surface area contributed by atoms with Crippen molar-refractivity contribution in [3.8, 4) is 0 Å². The van der Waals surface area contributed by atoms with Crippen molar-refractivity contribution in [2.75, 3.05) is 5.32 Å². The van der Waals surface area contributed by atoms with Crippen molar-refractivity contribution in [3.05, 3.63) is 56.5 Å². The predicted octanol–water partition coefficient (Wildman–Crippen LogP) is 3.65. The molecule has 9 heteroatoms. The van der Waals surface area contributed by atoms with Crippen molar-refractivity contribution in [1.29, 1.82) is 0 Å². The number of anilines is 1. The molecule has 4 rings (SSSR count). The molecule has 4 N–H and O–H groups in total. The van der Waals surface area contributed by atoms with E-state index in [1.165, 1.54) is 11.3 Å². The van der Waals surface area contributed by atoms with E-state index in [0.29, 0.717) is 21.6 Å². The normalized spacial score (nSPS) is 17.2. The van der Waals surface area contributed by atoms with Crippen LogP contribution in [0, 0.1) is 0 Å². The number of urea groups is 1. The molecule has 1 aliphatic rings. The first-order valence-electron chi connectivity index (χ1n) is 7.78. The molecule has 0 radical (unpaired) electrons. The number of aromatic nitrogens is 2. The Labute approximate surface area is 161 Å². The molecule has 3 amide bonds. The first kappa shape index (κ1) is 16.8. The van der Waals surface area contributed by atoms with Gasteiger partial charge >= 0.3 is 6.03 Å². The number of nitrogens with one attached hydrogen (secondary N) is 4. The van der Waals surface area contributed by atoms with Crippen LogP contribution in [-0.4, -0.2) is 22.1 Å². The molecule has 7 nitrogen and oxygen atoms in total. The summed E-state index contributed by atoms with van der Waals surface area (Å²) in [7, 11) is 0. The van der Waals surface area contributed by atoms with Crippen LogP contribution in [0.15, 0.2) is 50.9 Å². The third kappa shape index (κ3) is 2.99. The summed E-state index contributed by atoms with van der Waals surface area (Å²) in [5.74, 6) is -0.273. The minimum absolute atomic E-state index is 0.273. The van der Waals surface area contributed by atoms with Gasteiger partial charge in [0.2, 0.25) is 0 Å². The van der Waals surface area contributed by atoms with Gasteiger partial charge in [-0.1, -0.05) is 0 Å². The summed E-state index contributed by atoms with van der Waals surface area (Å²) in [5, 5.41) is 20.1.